The maximum Gasteiger partial charge on any atom is 0.266 e. The van der Waals surface area contributed by atoms with Gasteiger partial charge in [0.1, 0.15) is 6.10 Å². The first-order valence-corrected chi connectivity index (χ1v) is 12.8. The molecule has 5 nitrogen and oxygen atoms in total. The molecule has 4 aliphatic rings. The van der Waals surface area contributed by atoms with Crippen LogP contribution in [-0.4, -0.2) is 51.7 Å². The van der Waals surface area contributed by atoms with Crippen molar-refractivity contribution in [1.82, 2.24) is 0 Å². The van der Waals surface area contributed by atoms with Crippen LogP contribution in [0.3, 0.4) is 0 Å². The van der Waals surface area contributed by atoms with E-state index < -0.39 is 6.08 Å². The zero-order chi connectivity index (χ0) is 23.0. The Kier molecular flexibility index (Phi) is 9.74. The highest BCUT2D eigenvalue weighted by Gasteiger charge is 2.38. The summed E-state index contributed by atoms with van der Waals surface area (Å²) in [6.45, 7) is 4.82. The number of ether oxygens (including phenoxy) is 5. The Morgan fingerprint density at radius 3 is 1.82 bits per heavy atom. The van der Waals surface area contributed by atoms with Crippen LogP contribution >= 0.6 is 0 Å². The SMILES string of the molecule is C/C=C/COC1COC(C2COC(C3CCC(C4CCC(C=C(F)F)CC4)CC3)OC2)OC1. The van der Waals surface area contributed by atoms with Crippen LogP contribution in [0.5, 0.6) is 0 Å². The molecule has 0 amide bonds. The number of halogens is 2. The van der Waals surface area contributed by atoms with Gasteiger partial charge in [-0.15, -0.1) is 0 Å². The highest BCUT2D eigenvalue weighted by Crippen LogP contribution is 2.43. The van der Waals surface area contributed by atoms with Gasteiger partial charge in [0.05, 0.1) is 39.0 Å². The van der Waals surface area contributed by atoms with Gasteiger partial charge in [-0.25, -0.2) is 0 Å². The van der Waals surface area contributed by atoms with Crippen LogP contribution in [0.2, 0.25) is 0 Å². The average molecular weight is 471 g/mol. The van der Waals surface area contributed by atoms with Gasteiger partial charge in [0.25, 0.3) is 6.08 Å². The lowest BCUT2D eigenvalue weighted by Gasteiger charge is -2.42. The first-order valence-electron chi connectivity index (χ1n) is 12.8. The topological polar surface area (TPSA) is 46.2 Å². The Hall–Kier alpha value is -0.860. The Bertz CT molecular complexity index is 621. The quantitative estimate of drug-likeness (QED) is 0.447. The Morgan fingerprint density at radius 2 is 1.24 bits per heavy atom. The summed E-state index contributed by atoms with van der Waals surface area (Å²) in [4.78, 5) is 0. The van der Waals surface area contributed by atoms with Crippen LogP contribution in [-0.2, 0) is 23.7 Å². The first kappa shape index (κ1) is 25.2. The summed E-state index contributed by atoms with van der Waals surface area (Å²) in [5.74, 6) is 2.03. The third kappa shape index (κ3) is 7.31. The van der Waals surface area contributed by atoms with Gasteiger partial charge in [0, 0.05) is 5.92 Å². The van der Waals surface area contributed by atoms with Gasteiger partial charge in [0.2, 0.25) is 0 Å². The minimum atomic E-state index is -1.52. The van der Waals surface area contributed by atoms with Crippen molar-refractivity contribution in [1.29, 1.82) is 0 Å². The molecule has 4 rings (SSSR count). The molecule has 0 radical (unpaired) electrons. The molecule has 0 unspecified atom stereocenters. The number of allylic oxidation sites excluding steroid dienone is 2. The van der Waals surface area contributed by atoms with Gasteiger partial charge in [0.15, 0.2) is 12.6 Å². The van der Waals surface area contributed by atoms with Crippen molar-refractivity contribution in [3.05, 3.63) is 24.3 Å². The van der Waals surface area contributed by atoms with Crippen molar-refractivity contribution in [2.45, 2.75) is 77.0 Å². The summed E-state index contributed by atoms with van der Waals surface area (Å²) in [5, 5.41) is 0. The maximum absolute atomic E-state index is 12.5. The normalized spacial score (nSPS) is 40.6. The lowest BCUT2D eigenvalue weighted by atomic mass is 9.69. The second-order valence-electron chi connectivity index (χ2n) is 10.2. The molecule has 0 aromatic carbocycles. The summed E-state index contributed by atoms with van der Waals surface area (Å²) >= 11 is 0. The van der Waals surface area contributed by atoms with Crippen molar-refractivity contribution in [2.24, 2.45) is 29.6 Å². The second kappa shape index (κ2) is 12.7. The van der Waals surface area contributed by atoms with Crippen molar-refractivity contribution in [3.63, 3.8) is 0 Å². The molecular weight excluding hydrogens is 430 g/mol. The van der Waals surface area contributed by atoms with Crippen molar-refractivity contribution in [3.8, 4) is 0 Å². The highest BCUT2D eigenvalue weighted by atomic mass is 19.3. The van der Waals surface area contributed by atoms with Gasteiger partial charge in [-0.2, -0.15) is 8.78 Å². The smallest absolute Gasteiger partial charge is 0.266 e. The number of rotatable bonds is 7. The molecule has 2 heterocycles. The van der Waals surface area contributed by atoms with Crippen LogP contribution in [0.1, 0.15) is 58.3 Å². The van der Waals surface area contributed by atoms with E-state index in [1.807, 2.05) is 19.1 Å². The third-order valence-corrected chi connectivity index (χ3v) is 7.94. The standard InChI is InChI=1S/C26H40F2O5/c1-2-3-12-29-23-16-32-26(33-17-23)22-14-30-25(31-15-22)21-10-8-20(9-11-21)19-6-4-18(5-7-19)13-24(27)28/h2-3,13,18-23,25-26H,4-12,14-17H2,1H3/b3-2+. The molecule has 0 aromatic heterocycles. The van der Waals surface area contributed by atoms with E-state index in [1.165, 1.54) is 18.9 Å². The van der Waals surface area contributed by atoms with Crippen molar-refractivity contribution < 1.29 is 32.5 Å². The Labute approximate surface area is 196 Å². The van der Waals surface area contributed by atoms with E-state index in [2.05, 4.69) is 0 Å². The molecule has 2 saturated carbocycles. The van der Waals surface area contributed by atoms with Crippen LogP contribution in [0, 0.1) is 29.6 Å². The minimum Gasteiger partial charge on any atom is -0.369 e. The molecule has 7 heteroatoms. The summed E-state index contributed by atoms with van der Waals surface area (Å²) in [7, 11) is 0. The number of hydrogen-bond donors (Lipinski definition) is 0. The molecule has 2 aliphatic heterocycles. The summed E-state index contributed by atoms with van der Waals surface area (Å²) in [6.07, 6.45) is 11.8. The van der Waals surface area contributed by atoms with Gasteiger partial charge >= 0.3 is 0 Å². The van der Waals surface area contributed by atoms with Crippen LogP contribution < -0.4 is 0 Å². The molecule has 0 N–H and O–H groups in total. The second-order valence-corrected chi connectivity index (χ2v) is 10.2. The molecule has 2 saturated heterocycles. The predicted octanol–water partition coefficient (Wildman–Crippen LogP) is 5.70. The van der Waals surface area contributed by atoms with Crippen LogP contribution in [0.25, 0.3) is 0 Å². The van der Waals surface area contributed by atoms with Gasteiger partial charge in [-0.1, -0.05) is 12.2 Å². The molecular formula is C26H40F2O5. The van der Waals surface area contributed by atoms with E-state index in [0.29, 0.717) is 44.9 Å². The van der Waals surface area contributed by atoms with Crippen molar-refractivity contribution in [2.75, 3.05) is 33.0 Å². The lowest BCUT2D eigenvalue weighted by molar-refractivity contribution is -0.298. The molecule has 188 valence electrons. The molecule has 2 aliphatic carbocycles. The zero-order valence-electron chi connectivity index (χ0n) is 19.8. The van der Waals surface area contributed by atoms with Gasteiger partial charge < -0.3 is 23.7 Å². The highest BCUT2D eigenvalue weighted by molar-refractivity contribution is 4.92. The number of hydrogen-bond acceptors (Lipinski definition) is 5. The predicted molar refractivity (Wildman–Crippen MR) is 121 cm³/mol. The maximum atomic E-state index is 12.5. The zero-order valence-corrected chi connectivity index (χ0v) is 19.8. The minimum absolute atomic E-state index is 0.0258. The third-order valence-electron chi connectivity index (χ3n) is 7.94. The first-order chi connectivity index (χ1) is 16.1. The van der Waals surface area contributed by atoms with E-state index in [9.17, 15) is 8.78 Å². The van der Waals surface area contributed by atoms with E-state index >= 15 is 0 Å². The Balaban J connectivity index is 1.12. The van der Waals surface area contributed by atoms with Crippen LogP contribution in [0.4, 0.5) is 8.78 Å². The largest absolute Gasteiger partial charge is 0.369 e. The fourth-order valence-corrected chi connectivity index (χ4v) is 5.97. The molecule has 0 aromatic rings. The molecule has 4 fully saturated rings. The fraction of sp³-hybridized carbons (Fsp3) is 0.846. The molecule has 0 spiro atoms. The van der Waals surface area contributed by atoms with E-state index in [1.54, 1.807) is 0 Å². The van der Waals surface area contributed by atoms with Gasteiger partial charge in [-0.05, 0) is 82.1 Å². The summed E-state index contributed by atoms with van der Waals surface area (Å²) in [6, 6.07) is 0. The lowest BCUT2D eigenvalue weighted by Crippen LogP contribution is -2.48. The van der Waals surface area contributed by atoms with Crippen LogP contribution in [0.15, 0.2) is 24.3 Å². The van der Waals surface area contributed by atoms with Gasteiger partial charge in [-0.3, -0.25) is 0 Å². The van der Waals surface area contributed by atoms with E-state index in [-0.39, 0.29) is 30.5 Å². The van der Waals surface area contributed by atoms with E-state index in [0.717, 1.165) is 44.4 Å². The average Bonchev–Trinajstić information content (AvgIpc) is 2.85. The summed E-state index contributed by atoms with van der Waals surface area (Å²) in [5.41, 5.74) is 0. The molecule has 33 heavy (non-hydrogen) atoms. The fourth-order valence-electron chi connectivity index (χ4n) is 5.97. The molecule has 0 bridgehead atoms. The monoisotopic (exact) mass is 470 g/mol. The molecule has 0 atom stereocenters. The Morgan fingerprint density at radius 1 is 0.727 bits per heavy atom. The summed E-state index contributed by atoms with van der Waals surface area (Å²) < 4.78 is 54.7. The van der Waals surface area contributed by atoms with Crippen molar-refractivity contribution >= 4 is 0 Å². The van der Waals surface area contributed by atoms with E-state index in [4.69, 9.17) is 23.7 Å².